The molecule has 1 rings (SSSR count). The fraction of sp³-hybridized carbons (Fsp3) is 0.417. The molecule has 0 atom stereocenters. The van der Waals surface area contributed by atoms with Crippen LogP contribution in [0, 0.1) is 5.82 Å². The molecule has 0 aliphatic carbocycles. The van der Waals surface area contributed by atoms with Gasteiger partial charge in [0.1, 0.15) is 11.5 Å². The van der Waals surface area contributed by atoms with Crippen molar-refractivity contribution < 1.29 is 27.1 Å². The van der Waals surface area contributed by atoms with E-state index < -0.39 is 31.3 Å². The summed E-state index contributed by atoms with van der Waals surface area (Å²) in [5.41, 5.74) is -0.605. The Morgan fingerprint density at radius 3 is 2.48 bits per heavy atom. The third kappa shape index (κ3) is 5.43. The Labute approximate surface area is 131 Å². The molecule has 9 heteroatoms. The Kier molecular flexibility index (Phi) is 6.40. The van der Waals surface area contributed by atoms with Gasteiger partial charge in [0, 0.05) is 15.7 Å². The number of hydrogen-bond donors (Lipinski definition) is 0. The van der Waals surface area contributed by atoms with Crippen LogP contribution in [0.5, 0.6) is 0 Å². The zero-order chi connectivity index (χ0) is 16.2. The van der Waals surface area contributed by atoms with Crippen LogP contribution in [0.2, 0.25) is 5.02 Å². The van der Waals surface area contributed by atoms with Gasteiger partial charge in [0.2, 0.25) is 0 Å². The molecule has 1 aromatic carbocycles. The van der Waals surface area contributed by atoms with Crippen LogP contribution < -0.4 is 0 Å². The van der Waals surface area contributed by atoms with Gasteiger partial charge in [-0.3, -0.25) is 0 Å². The molecule has 0 bridgehead atoms. The number of ether oxygens (including phenoxy) is 2. The first-order chi connectivity index (χ1) is 9.62. The van der Waals surface area contributed by atoms with Crippen LogP contribution in [0.25, 0.3) is 0 Å². The lowest BCUT2D eigenvalue weighted by molar-refractivity contribution is 0.0173. The molecule has 0 aromatic heterocycles. The SMILES string of the molecule is CC(C)OCCOC(=O)c1cc(Cl)cc(S(=O)(=O)Cl)c1F. The average Bonchev–Trinajstić information content (AvgIpc) is 2.35. The summed E-state index contributed by atoms with van der Waals surface area (Å²) in [5.74, 6) is -2.35. The summed E-state index contributed by atoms with van der Waals surface area (Å²) in [5, 5.41) is -0.152. The van der Waals surface area contributed by atoms with E-state index in [1.807, 2.05) is 0 Å². The van der Waals surface area contributed by atoms with Crippen molar-refractivity contribution in [2.45, 2.75) is 24.8 Å². The first kappa shape index (κ1) is 18.2. The molecule has 1 aromatic rings. The number of benzene rings is 1. The highest BCUT2D eigenvalue weighted by Crippen LogP contribution is 2.26. The molecule has 0 aliphatic heterocycles. The molecule has 0 heterocycles. The van der Waals surface area contributed by atoms with E-state index in [-0.39, 0.29) is 24.3 Å². The molecular formula is C12H13Cl2FO5S. The van der Waals surface area contributed by atoms with E-state index in [4.69, 9.17) is 31.8 Å². The number of rotatable bonds is 6. The maximum Gasteiger partial charge on any atom is 0.341 e. The maximum absolute atomic E-state index is 14.0. The van der Waals surface area contributed by atoms with Crippen LogP contribution in [0.1, 0.15) is 24.2 Å². The summed E-state index contributed by atoms with van der Waals surface area (Å²) in [6.45, 7) is 3.63. The zero-order valence-corrected chi connectivity index (χ0v) is 13.6. The molecule has 0 fully saturated rings. The minimum absolute atomic E-state index is 0.0420. The van der Waals surface area contributed by atoms with Crippen molar-refractivity contribution in [1.29, 1.82) is 0 Å². The Hall–Kier alpha value is -0.890. The Bertz CT molecular complexity index is 631. The van der Waals surface area contributed by atoms with Gasteiger partial charge >= 0.3 is 5.97 Å². The third-order valence-electron chi connectivity index (χ3n) is 2.25. The predicted octanol–water partition coefficient (Wildman–Crippen LogP) is 2.99. The molecule has 0 unspecified atom stereocenters. The monoisotopic (exact) mass is 358 g/mol. The smallest absolute Gasteiger partial charge is 0.341 e. The lowest BCUT2D eigenvalue weighted by atomic mass is 10.2. The van der Waals surface area contributed by atoms with Crippen molar-refractivity contribution in [1.82, 2.24) is 0 Å². The van der Waals surface area contributed by atoms with Crippen molar-refractivity contribution >= 4 is 37.3 Å². The minimum Gasteiger partial charge on any atom is -0.460 e. The van der Waals surface area contributed by atoms with Gasteiger partial charge in [0.05, 0.1) is 18.3 Å². The lowest BCUT2D eigenvalue weighted by Gasteiger charge is -2.10. The number of halogens is 3. The van der Waals surface area contributed by atoms with E-state index in [1.54, 1.807) is 13.8 Å². The van der Waals surface area contributed by atoms with E-state index in [9.17, 15) is 17.6 Å². The molecule has 0 amide bonds. The van der Waals surface area contributed by atoms with Gasteiger partial charge in [-0.15, -0.1) is 0 Å². The molecule has 0 saturated heterocycles. The second kappa shape index (κ2) is 7.40. The summed E-state index contributed by atoms with van der Waals surface area (Å²) in [6.07, 6.45) is -0.0420. The van der Waals surface area contributed by atoms with Gasteiger partial charge in [0.15, 0.2) is 5.82 Å². The fourth-order valence-corrected chi connectivity index (χ4v) is 2.60. The largest absolute Gasteiger partial charge is 0.460 e. The number of hydrogen-bond acceptors (Lipinski definition) is 5. The number of esters is 1. The van der Waals surface area contributed by atoms with Crippen LogP contribution in [-0.4, -0.2) is 33.7 Å². The number of carbonyl (C=O) groups excluding carboxylic acids is 1. The summed E-state index contributed by atoms with van der Waals surface area (Å²) in [4.78, 5) is 10.9. The zero-order valence-electron chi connectivity index (χ0n) is 11.2. The van der Waals surface area contributed by atoms with Crippen molar-refractivity contribution in [3.05, 3.63) is 28.5 Å². The number of carbonyl (C=O) groups is 1. The Morgan fingerprint density at radius 1 is 1.33 bits per heavy atom. The van der Waals surface area contributed by atoms with Gasteiger partial charge in [-0.05, 0) is 26.0 Å². The minimum atomic E-state index is -4.37. The van der Waals surface area contributed by atoms with Crippen LogP contribution >= 0.6 is 22.3 Å². The van der Waals surface area contributed by atoms with Gasteiger partial charge < -0.3 is 9.47 Å². The molecular weight excluding hydrogens is 346 g/mol. The second-order valence-electron chi connectivity index (χ2n) is 4.26. The van der Waals surface area contributed by atoms with E-state index in [0.29, 0.717) is 0 Å². The van der Waals surface area contributed by atoms with Crippen LogP contribution in [0.15, 0.2) is 17.0 Å². The van der Waals surface area contributed by atoms with Gasteiger partial charge in [-0.1, -0.05) is 11.6 Å². The van der Waals surface area contributed by atoms with Gasteiger partial charge in [0.25, 0.3) is 9.05 Å². The molecule has 0 N–H and O–H groups in total. The molecule has 0 spiro atoms. The molecule has 5 nitrogen and oxygen atoms in total. The first-order valence-electron chi connectivity index (χ1n) is 5.85. The quantitative estimate of drug-likeness (QED) is 0.444. The third-order valence-corrected chi connectivity index (χ3v) is 3.79. The van der Waals surface area contributed by atoms with Crippen molar-refractivity contribution in [2.24, 2.45) is 0 Å². The van der Waals surface area contributed by atoms with Gasteiger partial charge in [-0.25, -0.2) is 17.6 Å². The van der Waals surface area contributed by atoms with Crippen molar-refractivity contribution in [3.63, 3.8) is 0 Å². The summed E-state index contributed by atoms with van der Waals surface area (Å²) >= 11 is 5.65. The van der Waals surface area contributed by atoms with E-state index in [1.165, 1.54) is 0 Å². The second-order valence-corrected chi connectivity index (χ2v) is 7.23. The fourth-order valence-electron chi connectivity index (χ4n) is 1.39. The van der Waals surface area contributed by atoms with E-state index in [0.717, 1.165) is 12.1 Å². The van der Waals surface area contributed by atoms with Crippen molar-refractivity contribution in [3.8, 4) is 0 Å². The molecule has 21 heavy (non-hydrogen) atoms. The summed E-state index contributed by atoms with van der Waals surface area (Å²) < 4.78 is 46.3. The molecule has 0 saturated carbocycles. The van der Waals surface area contributed by atoms with Crippen LogP contribution in [0.3, 0.4) is 0 Å². The lowest BCUT2D eigenvalue weighted by Crippen LogP contribution is -2.15. The van der Waals surface area contributed by atoms with Crippen LogP contribution in [0.4, 0.5) is 4.39 Å². The summed E-state index contributed by atoms with van der Waals surface area (Å²) in [7, 11) is 0.707. The topological polar surface area (TPSA) is 69.7 Å². The van der Waals surface area contributed by atoms with E-state index in [2.05, 4.69) is 0 Å². The van der Waals surface area contributed by atoms with E-state index >= 15 is 0 Å². The predicted molar refractivity (Wildman–Crippen MR) is 75.8 cm³/mol. The normalized spacial score (nSPS) is 11.7. The van der Waals surface area contributed by atoms with Crippen LogP contribution in [-0.2, 0) is 18.5 Å². The molecule has 0 aliphatic rings. The maximum atomic E-state index is 14.0. The average molecular weight is 359 g/mol. The molecule has 118 valence electrons. The molecule has 0 radical (unpaired) electrons. The standard InChI is InChI=1S/C12H13Cl2FO5S/c1-7(2)19-3-4-20-12(16)9-5-8(13)6-10(11(9)15)21(14,17)18/h5-7H,3-4H2,1-2H3. The highest BCUT2D eigenvalue weighted by molar-refractivity contribution is 8.13. The summed E-state index contributed by atoms with van der Waals surface area (Å²) in [6, 6.07) is 1.78. The highest BCUT2D eigenvalue weighted by atomic mass is 35.7. The Morgan fingerprint density at radius 2 is 1.95 bits per heavy atom. The van der Waals surface area contributed by atoms with Gasteiger partial charge in [-0.2, -0.15) is 0 Å². The Balaban J connectivity index is 2.93. The van der Waals surface area contributed by atoms with Crippen molar-refractivity contribution in [2.75, 3.05) is 13.2 Å². The highest BCUT2D eigenvalue weighted by Gasteiger charge is 2.24. The first-order valence-corrected chi connectivity index (χ1v) is 8.54.